The summed E-state index contributed by atoms with van der Waals surface area (Å²) in [6, 6.07) is 5.79. The van der Waals surface area contributed by atoms with Gasteiger partial charge in [-0.3, -0.25) is 5.10 Å². The van der Waals surface area contributed by atoms with Crippen molar-refractivity contribution in [2.24, 2.45) is 0 Å². The molecule has 1 aromatic carbocycles. The Morgan fingerprint density at radius 2 is 2.05 bits per heavy atom. The molecule has 19 heavy (non-hydrogen) atoms. The van der Waals surface area contributed by atoms with Crippen LogP contribution in [0.1, 0.15) is 25.3 Å². The average molecular weight is 259 g/mol. The molecule has 2 heterocycles. The lowest BCUT2D eigenvalue weighted by atomic mass is 9.93. The van der Waals surface area contributed by atoms with Crippen molar-refractivity contribution in [2.45, 2.75) is 19.8 Å². The van der Waals surface area contributed by atoms with Crippen LogP contribution in [0.5, 0.6) is 11.5 Å². The maximum Gasteiger partial charge on any atom is 0.165 e. The Bertz CT molecular complexity index is 605. The van der Waals surface area contributed by atoms with Crippen LogP contribution in [0.25, 0.3) is 11.3 Å². The number of nitrogens with two attached hydrogens (primary N) is 1. The van der Waals surface area contributed by atoms with Gasteiger partial charge >= 0.3 is 0 Å². The van der Waals surface area contributed by atoms with Crippen LogP contribution in [0.2, 0.25) is 0 Å². The number of ether oxygens (including phenoxy) is 2. The molecule has 1 aliphatic heterocycles. The van der Waals surface area contributed by atoms with Crippen molar-refractivity contribution in [2.75, 3.05) is 18.9 Å². The van der Waals surface area contributed by atoms with Crippen molar-refractivity contribution in [3.63, 3.8) is 0 Å². The highest BCUT2D eigenvalue weighted by atomic mass is 16.6. The molecular formula is C14H17N3O2. The number of aromatic nitrogens is 2. The van der Waals surface area contributed by atoms with Crippen LogP contribution in [0.3, 0.4) is 0 Å². The quantitative estimate of drug-likeness (QED) is 0.869. The first-order valence-electron chi connectivity index (χ1n) is 6.40. The zero-order valence-corrected chi connectivity index (χ0v) is 11.1. The summed E-state index contributed by atoms with van der Waals surface area (Å²) in [5.41, 5.74) is 8.77. The molecular weight excluding hydrogens is 242 g/mol. The lowest BCUT2D eigenvalue weighted by Crippen LogP contribution is -2.17. The summed E-state index contributed by atoms with van der Waals surface area (Å²) >= 11 is 0. The molecule has 0 saturated heterocycles. The molecule has 0 bridgehead atoms. The molecule has 1 aliphatic rings. The summed E-state index contributed by atoms with van der Waals surface area (Å²) in [5.74, 6) is 2.45. The number of anilines is 1. The lowest BCUT2D eigenvalue weighted by Gasteiger charge is -2.24. The van der Waals surface area contributed by atoms with Gasteiger partial charge in [0.05, 0.1) is 5.69 Å². The highest BCUT2D eigenvalue weighted by molar-refractivity contribution is 5.72. The smallest absolute Gasteiger partial charge is 0.165 e. The summed E-state index contributed by atoms with van der Waals surface area (Å²) in [6.45, 7) is 5.45. The molecule has 5 heteroatoms. The number of nitrogen functional groups attached to an aromatic ring is 1. The number of benzene rings is 1. The van der Waals surface area contributed by atoms with E-state index in [1.165, 1.54) is 0 Å². The van der Waals surface area contributed by atoms with E-state index in [-0.39, 0.29) is 0 Å². The third kappa shape index (κ3) is 2.01. The Kier molecular flexibility index (Phi) is 2.81. The molecule has 2 aromatic rings. The number of rotatable bonds is 2. The summed E-state index contributed by atoms with van der Waals surface area (Å²) < 4.78 is 11.4. The van der Waals surface area contributed by atoms with Crippen LogP contribution in [-0.2, 0) is 0 Å². The number of nitrogens with zero attached hydrogens (tertiary/aromatic N) is 1. The Morgan fingerprint density at radius 3 is 2.74 bits per heavy atom. The third-order valence-electron chi connectivity index (χ3n) is 3.21. The summed E-state index contributed by atoms with van der Waals surface area (Å²) in [6.07, 6.45) is 0. The highest BCUT2D eigenvalue weighted by Crippen LogP contribution is 2.43. The fraction of sp³-hybridized carbons (Fsp3) is 0.357. The van der Waals surface area contributed by atoms with Gasteiger partial charge in [0.25, 0.3) is 0 Å². The second kappa shape index (κ2) is 4.50. The maximum absolute atomic E-state index is 5.79. The molecule has 3 N–H and O–H groups in total. The van der Waals surface area contributed by atoms with Gasteiger partial charge in [-0.05, 0) is 18.1 Å². The average Bonchev–Trinajstić information content (AvgIpc) is 2.83. The van der Waals surface area contributed by atoms with Gasteiger partial charge in [-0.25, -0.2) is 0 Å². The lowest BCUT2D eigenvalue weighted by molar-refractivity contribution is 0.169. The van der Waals surface area contributed by atoms with Gasteiger partial charge in [0.1, 0.15) is 19.0 Å². The standard InChI is InChI=1S/C14H17N3O2/c1-8(2)13-9(10-7-12(15)17-16-10)3-4-11-14(13)19-6-5-18-11/h3-4,7-8H,5-6H2,1-2H3,(H3,15,16,17). The molecule has 1 aromatic heterocycles. The first-order chi connectivity index (χ1) is 9.16. The van der Waals surface area contributed by atoms with Gasteiger partial charge in [-0.2, -0.15) is 5.10 Å². The maximum atomic E-state index is 5.79. The van der Waals surface area contributed by atoms with Crippen LogP contribution >= 0.6 is 0 Å². The van der Waals surface area contributed by atoms with E-state index in [4.69, 9.17) is 15.2 Å². The molecule has 0 atom stereocenters. The minimum Gasteiger partial charge on any atom is -0.486 e. The van der Waals surface area contributed by atoms with E-state index in [2.05, 4.69) is 24.0 Å². The number of aromatic amines is 1. The van der Waals surface area contributed by atoms with Crippen molar-refractivity contribution in [1.29, 1.82) is 0 Å². The van der Waals surface area contributed by atoms with E-state index < -0.39 is 0 Å². The van der Waals surface area contributed by atoms with E-state index >= 15 is 0 Å². The van der Waals surface area contributed by atoms with Crippen molar-refractivity contribution in [3.8, 4) is 22.8 Å². The molecule has 0 amide bonds. The number of H-pyrrole nitrogens is 1. The molecule has 100 valence electrons. The fourth-order valence-electron chi connectivity index (χ4n) is 2.42. The van der Waals surface area contributed by atoms with E-state index in [1.807, 2.05) is 18.2 Å². The normalized spacial score (nSPS) is 13.8. The van der Waals surface area contributed by atoms with Gasteiger partial charge in [0.2, 0.25) is 0 Å². The second-order valence-corrected chi connectivity index (χ2v) is 4.91. The summed E-state index contributed by atoms with van der Waals surface area (Å²) in [7, 11) is 0. The van der Waals surface area contributed by atoms with E-state index in [9.17, 15) is 0 Å². The SMILES string of the molecule is CC(C)c1c(-c2cc(N)n[nH]2)ccc2c1OCCO2. The minimum atomic E-state index is 0.316. The highest BCUT2D eigenvalue weighted by Gasteiger charge is 2.22. The Labute approximate surface area is 111 Å². The predicted molar refractivity (Wildman–Crippen MR) is 73.5 cm³/mol. The minimum absolute atomic E-state index is 0.316. The molecule has 3 rings (SSSR count). The van der Waals surface area contributed by atoms with Gasteiger partial charge in [0.15, 0.2) is 11.5 Å². The van der Waals surface area contributed by atoms with Crippen LogP contribution in [0.15, 0.2) is 18.2 Å². The molecule has 0 saturated carbocycles. The molecule has 0 fully saturated rings. The summed E-state index contributed by atoms with van der Waals surface area (Å²) in [4.78, 5) is 0. The zero-order valence-electron chi connectivity index (χ0n) is 11.1. The van der Waals surface area contributed by atoms with Crippen LogP contribution in [0.4, 0.5) is 5.82 Å². The largest absolute Gasteiger partial charge is 0.486 e. The van der Waals surface area contributed by atoms with Gasteiger partial charge < -0.3 is 15.2 Å². The Balaban J connectivity index is 2.19. The van der Waals surface area contributed by atoms with Crippen molar-refractivity contribution in [1.82, 2.24) is 10.2 Å². The molecule has 0 radical (unpaired) electrons. The monoisotopic (exact) mass is 259 g/mol. The second-order valence-electron chi connectivity index (χ2n) is 4.91. The van der Waals surface area contributed by atoms with Crippen molar-refractivity contribution >= 4 is 5.82 Å². The topological polar surface area (TPSA) is 73.2 Å². The van der Waals surface area contributed by atoms with Gasteiger partial charge in [-0.1, -0.05) is 13.8 Å². The number of fused-ring (bicyclic) bond motifs is 1. The number of hydrogen-bond donors (Lipinski definition) is 2. The van der Waals surface area contributed by atoms with E-state index in [0.717, 1.165) is 28.3 Å². The fourth-order valence-corrected chi connectivity index (χ4v) is 2.42. The third-order valence-corrected chi connectivity index (χ3v) is 3.21. The molecule has 0 aliphatic carbocycles. The summed E-state index contributed by atoms with van der Waals surface area (Å²) in [5, 5.41) is 6.94. The first kappa shape index (κ1) is 11.9. The molecule has 5 nitrogen and oxygen atoms in total. The van der Waals surface area contributed by atoms with Gasteiger partial charge in [0, 0.05) is 17.2 Å². The van der Waals surface area contributed by atoms with Crippen LogP contribution < -0.4 is 15.2 Å². The van der Waals surface area contributed by atoms with Crippen molar-refractivity contribution < 1.29 is 9.47 Å². The number of nitrogens with one attached hydrogen (secondary N) is 1. The molecule has 0 unspecified atom stereocenters. The van der Waals surface area contributed by atoms with Gasteiger partial charge in [-0.15, -0.1) is 0 Å². The Morgan fingerprint density at radius 1 is 1.26 bits per heavy atom. The van der Waals surface area contributed by atoms with Crippen LogP contribution in [0, 0.1) is 0 Å². The zero-order chi connectivity index (χ0) is 13.4. The first-order valence-corrected chi connectivity index (χ1v) is 6.40. The van der Waals surface area contributed by atoms with E-state index in [0.29, 0.717) is 24.9 Å². The molecule has 0 spiro atoms. The van der Waals surface area contributed by atoms with Crippen LogP contribution in [-0.4, -0.2) is 23.4 Å². The van der Waals surface area contributed by atoms with E-state index in [1.54, 1.807) is 0 Å². The Hall–Kier alpha value is -2.17. The predicted octanol–water partition coefficient (Wildman–Crippen LogP) is 2.55. The number of hydrogen-bond acceptors (Lipinski definition) is 4. The van der Waals surface area contributed by atoms with Crippen molar-refractivity contribution in [3.05, 3.63) is 23.8 Å².